The zero-order valence-corrected chi connectivity index (χ0v) is 13.5. The van der Waals surface area contributed by atoms with Crippen LogP contribution in [0.5, 0.6) is 0 Å². The lowest BCUT2D eigenvalue weighted by atomic mass is 9.99. The largest absolute Gasteiger partial charge is 0.331 e. The molecule has 2 heterocycles. The maximum Gasteiger partial charge on any atom is 0.103 e. The fraction of sp³-hybridized carbons (Fsp3) is 0.500. The Kier molecular flexibility index (Phi) is 4.13. The molecule has 2 aliphatic rings. The van der Waals surface area contributed by atoms with E-state index in [9.17, 15) is 0 Å². The number of fused-ring (bicyclic) bond motifs is 1. The third-order valence-corrected chi connectivity index (χ3v) is 5.61. The number of hydrogen-bond acceptors (Lipinski definition) is 0. The first-order valence-electron chi connectivity index (χ1n) is 9.07. The molecule has 2 saturated heterocycles. The van der Waals surface area contributed by atoms with E-state index in [1.807, 2.05) is 0 Å². The molecule has 0 radical (unpaired) electrons. The van der Waals surface area contributed by atoms with E-state index in [0.29, 0.717) is 0 Å². The van der Waals surface area contributed by atoms with E-state index in [1.165, 1.54) is 75.7 Å². The highest BCUT2D eigenvalue weighted by Crippen LogP contribution is 2.22. The van der Waals surface area contributed by atoms with Crippen molar-refractivity contribution in [3.8, 4) is 0 Å². The van der Waals surface area contributed by atoms with Gasteiger partial charge < -0.3 is 9.80 Å². The molecule has 2 fully saturated rings. The smallest absolute Gasteiger partial charge is 0.103 e. The molecule has 0 bridgehead atoms. The third kappa shape index (κ3) is 2.90. The van der Waals surface area contributed by atoms with Gasteiger partial charge in [0.15, 0.2) is 0 Å². The van der Waals surface area contributed by atoms with Crippen LogP contribution >= 0.6 is 0 Å². The molecule has 4 rings (SSSR count). The average Bonchev–Trinajstić information content (AvgIpc) is 3.23. The van der Waals surface area contributed by atoms with Gasteiger partial charge in [0, 0.05) is 36.8 Å². The Morgan fingerprint density at radius 3 is 1.41 bits per heavy atom. The molecule has 2 N–H and O–H groups in total. The van der Waals surface area contributed by atoms with Crippen molar-refractivity contribution in [3.63, 3.8) is 0 Å². The molecule has 2 heteroatoms. The van der Waals surface area contributed by atoms with Crippen molar-refractivity contribution in [3.05, 3.63) is 47.5 Å². The second kappa shape index (κ2) is 6.39. The predicted octanol–water partition coefficient (Wildman–Crippen LogP) is 1.20. The standard InChI is InChI=1S/C20H26N2/c1-2-8-20-18(16-22-13-5-6-14-22)10-9-17(19(20)7-1)15-21-11-3-4-12-21/h1-2,7-10H,3-6,11-16H2/p+2. The second-order valence-corrected chi connectivity index (χ2v) is 7.20. The SMILES string of the molecule is c1ccc2c(C[NH+]3CCCC3)ccc(C[NH+]3CCCC3)c2c1. The topological polar surface area (TPSA) is 8.88 Å². The van der Waals surface area contributed by atoms with E-state index in [0.717, 1.165) is 0 Å². The number of quaternary nitrogens is 2. The van der Waals surface area contributed by atoms with Gasteiger partial charge in [0.25, 0.3) is 0 Å². The molecule has 0 unspecified atom stereocenters. The van der Waals surface area contributed by atoms with E-state index in [4.69, 9.17) is 0 Å². The molecule has 0 aromatic heterocycles. The Morgan fingerprint density at radius 1 is 0.591 bits per heavy atom. The van der Waals surface area contributed by atoms with Crippen molar-refractivity contribution >= 4 is 10.8 Å². The molecule has 0 spiro atoms. The Hall–Kier alpha value is -1.38. The van der Waals surface area contributed by atoms with E-state index in [2.05, 4.69) is 36.4 Å². The number of benzene rings is 2. The van der Waals surface area contributed by atoms with E-state index >= 15 is 0 Å². The fourth-order valence-corrected chi connectivity index (χ4v) is 4.37. The summed E-state index contributed by atoms with van der Waals surface area (Å²) in [6.45, 7) is 7.83. The van der Waals surface area contributed by atoms with Gasteiger partial charge in [0.05, 0.1) is 26.2 Å². The van der Waals surface area contributed by atoms with Crippen LogP contribution in [0.4, 0.5) is 0 Å². The summed E-state index contributed by atoms with van der Waals surface area (Å²) in [7, 11) is 0. The van der Waals surface area contributed by atoms with Crippen LogP contribution in [0.1, 0.15) is 36.8 Å². The number of likely N-dealkylation sites (tertiary alicyclic amines) is 2. The summed E-state index contributed by atoms with van der Waals surface area (Å²) in [5, 5.41) is 3.00. The first-order valence-corrected chi connectivity index (χ1v) is 9.07. The van der Waals surface area contributed by atoms with Gasteiger partial charge in [-0.05, 0) is 10.8 Å². The van der Waals surface area contributed by atoms with Gasteiger partial charge in [0.1, 0.15) is 13.1 Å². The Labute approximate surface area is 133 Å². The van der Waals surface area contributed by atoms with Crippen molar-refractivity contribution in [2.24, 2.45) is 0 Å². The monoisotopic (exact) mass is 296 g/mol. The molecule has 2 aromatic rings. The van der Waals surface area contributed by atoms with Crippen LogP contribution in [-0.2, 0) is 13.1 Å². The highest BCUT2D eigenvalue weighted by molar-refractivity contribution is 5.88. The number of rotatable bonds is 4. The van der Waals surface area contributed by atoms with Crippen LogP contribution in [0.25, 0.3) is 10.8 Å². The summed E-state index contributed by atoms with van der Waals surface area (Å²) in [5.41, 5.74) is 3.10. The highest BCUT2D eigenvalue weighted by Gasteiger charge is 2.20. The van der Waals surface area contributed by atoms with Crippen molar-refractivity contribution in [2.45, 2.75) is 38.8 Å². The maximum atomic E-state index is 2.42. The molecule has 2 nitrogen and oxygen atoms in total. The summed E-state index contributed by atoms with van der Waals surface area (Å²) in [4.78, 5) is 3.53. The first kappa shape index (κ1) is 14.2. The zero-order chi connectivity index (χ0) is 14.8. The minimum absolute atomic E-state index is 1.21. The molecule has 2 aliphatic heterocycles. The van der Waals surface area contributed by atoms with Gasteiger partial charge >= 0.3 is 0 Å². The van der Waals surface area contributed by atoms with Crippen LogP contribution in [0.2, 0.25) is 0 Å². The minimum atomic E-state index is 1.21. The summed E-state index contributed by atoms with van der Waals surface area (Å²) in [6.07, 6.45) is 5.63. The molecular weight excluding hydrogens is 268 g/mol. The first-order chi connectivity index (χ1) is 10.9. The van der Waals surface area contributed by atoms with E-state index in [-0.39, 0.29) is 0 Å². The maximum absolute atomic E-state index is 2.42. The summed E-state index contributed by atoms with van der Waals surface area (Å²) < 4.78 is 0. The normalized spacial score (nSPS) is 20.2. The van der Waals surface area contributed by atoms with Crippen molar-refractivity contribution in [1.29, 1.82) is 0 Å². The lowest BCUT2D eigenvalue weighted by molar-refractivity contribution is -0.901. The fourth-order valence-electron chi connectivity index (χ4n) is 4.37. The number of nitrogens with one attached hydrogen (secondary N) is 2. The van der Waals surface area contributed by atoms with Crippen LogP contribution in [0.3, 0.4) is 0 Å². The van der Waals surface area contributed by atoms with Gasteiger partial charge in [0.2, 0.25) is 0 Å². The number of hydrogen-bond donors (Lipinski definition) is 2. The Balaban J connectivity index is 1.64. The highest BCUT2D eigenvalue weighted by atomic mass is 15.1. The summed E-state index contributed by atoms with van der Waals surface area (Å²) >= 11 is 0. The van der Waals surface area contributed by atoms with Gasteiger partial charge in [-0.1, -0.05) is 36.4 Å². The van der Waals surface area contributed by atoms with Gasteiger partial charge in [-0.15, -0.1) is 0 Å². The van der Waals surface area contributed by atoms with E-state index < -0.39 is 0 Å². The molecule has 0 atom stereocenters. The van der Waals surface area contributed by atoms with Crippen molar-refractivity contribution in [1.82, 2.24) is 0 Å². The van der Waals surface area contributed by atoms with Crippen molar-refractivity contribution < 1.29 is 9.80 Å². The predicted molar refractivity (Wildman–Crippen MR) is 91.2 cm³/mol. The van der Waals surface area contributed by atoms with Crippen molar-refractivity contribution in [2.75, 3.05) is 26.2 Å². The summed E-state index contributed by atoms with van der Waals surface area (Å²) in [5.74, 6) is 0. The zero-order valence-electron chi connectivity index (χ0n) is 13.5. The lowest BCUT2D eigenvalue weighted by Crippen LogP contribution is -3.08. The Morgan fingerprint density at radius 2 is 1.00 bits per heavy atom. The van der Waals surface area contributed by atoms with Gasteiger partial charge in [-0.2, -0.15) is 0 Å². The van der Waals surface area contributed by atoms with Crippen LogP contribution < -0.4 is 9.80 Å². The van der Waals surface area contributed by atoms with Gasteiger partial charge in [-0.3, -0.25) is 0 Å². The molecule has 22 heavy (non-hydrogen) atoms. The third-order valence-electron chi connectivity index (χ3n) is 5.61. The molecule has 2 aromatic carbocycles. The molecule has 0 aliphatic carbocycles. The molecule has 0 saturated carbocycles. The Bertz CT molecular complexity index is 581. The quantitative estimate of drug-likeness (QED) is 0.839. The lowest BCUT2D eigenvalue weighted by Gasteiger charge is -2.17. The molecule has 0 amide bonds. The molecular formula is C20H28N2+2. The van der Waals surface area contributed by atoms with Crippen LogP contribution in [0.15, 0.2) is 36.4 Å². The van der Waals surface area contributed by atoms with E-state index in [1.54, 1.807) is 20.9 Å². The van der Waals surface area contributed by atoms with Crippen LogP contribution in [-0.4, -0.2) is 26.2 Å². The average molecular weight is 296 g/mol. The van der Waals surface area contributed by atoms with Gasteiger partial charge in [-0.25, -0.2) is 0 Å². The second-order valence-electron chi connectivity index (χ2n) is 7.20. The molecule has 116 valence electrons. The van der Waals surface area contributed by atoms with Crippen LogP contribution in [0, 0.1) is 0 Å². The summed E-state index contributed by atoms with van der Waals surface area (Å²) in [6, 6.07) is 13.9. The minimum Gasteiger partial charge on any atom is -0.331 e.